The second-order valence-corrected chi connectivity index (χ2v) is 14.5. The molecule has 29 heavy (non-hydrogen) atoms. The zero-order chi connectivity index (χ0) is 21.0. The van der Waals surface area contributed by atoms with E-state index in [1.807, 2.05) is 25.1 Å². The van der Waals surface area contributed by atoms with Gasteiger partial charge in [-0.25, -0.2) is 4.98 Å². The van der Waals surface area contributed by atoms with Crippen LogP contribution in [0.4, 0.5) is 0 Å². The highest BCUT2D eigenvalue weighted by molar-refractivity contribution is 6.74. The Hall–Kier alpha value is -2.18. The van der Waals surface area contributed by atoms with Gasteiger partial charge in [0, 0.05) is 18.3 Å². The standard InChI is InChI=1S/C23H31N3O2Si/c1-15-14-26-13-12-17-19(22(26)24-15)25-18(16-10-8-7-9-11-16)21(20(17)27)28-29(5,6)23(2,3)4/h7-11,14,18,21,25H,12-13H2,1-6H3. The molecule has 0 radical (unpaired) electrons. The van der Waals surface area contributed by atoms with E-state index in [9.17, 15) is 4.79 Å². The van der Waals surface area contributed by atoms with Crippen LogP contribution in [0.3, 0.4) is 0 Å². The molecular weight excluding hydrogens is 378 g/mol. The van der Waals surface area contributed by atoms with Crippen molar-refractivity contribution in [3.63, 3.8) is 0 Å². The van der Waals surface area contributed by atoms with Crippen LogP contribution in [-0.4, -0.2) is 29.8 Å². The van der Waals surface area contributed by atoms with Gasteiger partial charge in [0.1, 0.15) is 6.10 Å². The van der Waals surface area contributed by atoms with Gasteiger partial charge in [0.2, 0.25) is 0 Å². The summed E-state index contributed by atoms with van der Waals surface area (Å²) in [6.45, 7) is 13.8. The van der Waals surface area contributed by atoms with E-state index in [0.717, 1.165) is 34.9 Å². The van der Waals surface area contributed by atoms with Crippen LogP contribution in [0.15, 0.2) is 42.1 Å². The minimum absolute atomic E-state index is 0.0309. The second kappa shape index (κ2) is 6.95. The number of fused-ring (bicyclic) bond motifs is 2. The number of hydrogen-bond acceptors (Lipinski definition) is 4. The highest BCUT2D eigenvalue weighted by atomic mass is 28.4. The van der Waals surface area contributed by atoms with Crippen molar-refractivity contribution in [1.29, 1.82) is 0 Å². The maximum Gasteiger partial charge on any atom is 0.193 e. The Labute approximate surface area is 174 Å². The third kappa shape index (κ3) is 3.49. The lowest BCUT2D eigenvalue weighted by Gasteiger charge is -2.44. The molecule has 2 aliphatic heterocycles. The van der Waals surface area contributed by atoms with Gasteiger partial charge >= 0.3 is 0 Å². The van der Waals surface area contributed by atoms with Crippen molar-refractivity contribution < 1.29 is 9.22 Å². The zero-order valence-electron chi connectivity index (χ0n) is 18.2. The zero-order valence-corrected chi connectivity index (χ0v) is 19.2. The smallest absolute Gasteiger partial charge is 0.193 e. The van der Waals surface area contributed by atoms with Gasteiger partial charge in [-0.2, -0.15) is 0 Å². The summed E-state index contributed by atoms with van der Waals surface area (Å²) in [5, 5.41) is 3.70. The van der Waals surface area contributed by atoms with E-state index in [2.05, 4.69) is 62.1 Å². The number of nitrogens with one attached hydrogen (secondary N) is 1. The molecule has 1 N–H and O–H groups in total. The van der Waals surface area contributed by atoms with Crippen LogP contribution in [0.1, 0.15) is 50.3 Å². The summed E-state index contributed by atoms with van der Waals surface area (Å²) in [5.41, 5.74) is 3.74. The molecule has 2 unspecified atom stereocenters. The molecule has 0 amide bonds. The van der Waals surface area contributed by atoms with Crippen molar-refractivity contribution in [2.24, 2.45) is 0 Å². The first-order valence-electron chi connectivity index (χ1n) is 10.4. The Kier molecular flexibility index (Phi) is 4.82. The van der Waals surface area contributed by atoms with E-state index in [1.165, 1.54) is 0 Å². The van der Waals surface area contributed by atoms with E-state index < -0.39 is 14.4 Å². The van der Waals surface area contributed by atoms with E-state index in [0.29, 0.717) is 6.42 Å². The molecule has 2 aromatic rings. The van der Waals surface area contributed by atoms with Crippen LogP contribution in [0.2, 0.25) is 18.1 Å². The van der Waals surface area contributed by atoms with E-state index in [-0.39, 0.29) is 16.9 Å². The van der Waals surface area contributed by atoms with Crippen molar-refractivity contribution in [3.8, 4) is 0 Å². The quantitative estimate of drug-likeness (QED) is 0.752. The summed E-state index contributed by atoms with van der Waals surface area (Å²) in [6.07, 6.45) is 2.25. The van der Waals surface area contributed by atoms with E-state index in [1.54, 1.807) is 0 Å². The number of rotatable bonds is 3. The Balaban J connectivity index is 1.80. The minimum Gasteiger partial charge on any atom is -0.404 e. The number of aromatic nitrogens is 2. The Morgan fingerprint density at radius 3 is 2.55 bits per heavy atom. The molecule has 1 aromatic carbocycles. The number of Topliss-reactive ketones (excluding diaryl/α,β-unsaturated/α-hetero) is 1. The summed E-state index contributed by atoms with van der Waals surface area (Å²) < 4.78 is 8.87. The van der Waals surface area contributed by atoms with Crippen molar-refractivity contribution in [2.45, 2.75) is 70.9 Å². The van der Waals surface area contributed by atoms with Crippen LogP contribution in [-0.2, 0) is 15.8 Å². The first-order chi connectivity index (χ1) is 13.6. The molecule has 0 spiro atoms. The number of hydrogen-bond donors (Lipinski definition) is 1. The van der Waals surface area contributed by atoms with Crippen LogP contribution in [0.25, 0.3) is 5.70 Å². The Morgan fingerprint density at radius 2 is 1.90 bits per heavy atom. The summed E-state index contributed by atoms with van der Waals surface area (Å²) in [7, 11) is -2.14. The Bertz CT molecular complexity index is 970. The van der Waals surface area contributed by atoms with Gasteiger partial charge in [0.15, 0.2) is 19.9 Å². The van der Waals surface area contributed by atoms with Crippen LogP contribution < -0.4 is 5.32 Å². The molecule has 2 aliphatic rings. The number of aryl methyl sites for hydroxylation is 2. The monoisotopic (exact) mass is 409 g/mol. The van der Waals surface area contributed by atoms with Crippen molar-refractivity contribution >= 4 is 19.8 Å². The van der Waals surface area contributed by atoms with E-state index in [4.69, 9.17) is 9.41 Å². The van der Waals surface area contributed by atoms with Crippen molar-refractivity contribution in [1.82, 2.24) is 14.9 Å². The van der Waals surface area contributed by atoms with Gasteiger partial charge in [-0.05, 0) is 37.0 Å². The molecule has 0 bridgehead atoms. The van der Waals surface area contributed by atoms with Gasteiger partial charge < -0.3 is 14.3 Å². The maximum absolute atomic E-state index is 13.7. The molecule has 0 saturated carbocycles. The summed E-state index contributed by atoms with van der Waals surface area (Å²) >= 11 is 0. The fourth-order valence-corrected chi connectivity index (χ4v) is 5.13. The molecule has 0 fully saturated rings. The van der Waals surface area contributed by atoms with Gasteiger partial charge in [0.05, 0.1) is 17.4 Å². The van der Waals surface area contributed by atoms with Crippen LogP contribution in [0, 0.1) is 6.92 Å². The number of ketones is 1. The van der Waals surface area contributed by atoms with Gasteiger partial charge in [0.25, 0.3) is 0 Å². The molecule has 3 heterocycles. The molecular formula is C23H31N3O2Si. The van der Waals surface area contributed by atoms with Crippen molar-refractivity contribution in [3.05, 3.63) is 59.2 Å². The highest BCUT2D eigenvalue weighted by Crippen LogP contribution is 2.42. The third-order valence-corrected chi connectivity index (χ3v) is 11.0. The molecule has 0 saturated heterocycles. The molecule has 2 atom stereocenters. The number of carbonyl (C=O) groups is 1. The van der Waals surface area contributed by atoms with Crippen molar-refractivity contribution in [2.75, 3.05) is 0 Å². The van der Waals surface area contributed by atoms with Crippen LogP contribution in [0.5, 0.6) is 0 Å². The SMILES string of the molecule is Cc1cn2c(n1)C1=C(CC2)C(=O)C(O[Si](C)(C)C(C)(C)C)C(c2ccccc2)N1. The fourth-order valence-electron chi connectivity index (χ4n) is 3.90. The first-order valence-corrected chi connectivity index (χ1v) is 13.3. The number of imidazole rings is 1. The molecule has 5 nitrogen and oxygen atoms in total. The number of benzene rings is 1. The molecule has 4 rings (SSSR count). The van der Waals surface area contributed by atoms with Gasteiger partial charge in [-0.1, -0.05) is 51.1 Å². The highest BCUT2D eigenvalue weighted by Gasteiger charge is 2.47. The summed E-state index contributed by atoms with van der Waals surface area (Å²) in [6, 6.07) is 9.94. The second-order valence-electron chi connectivity index (χ2n) is 9.70. The third-order valence-electron chi connectivity index (χ3n) is 6.57. The van der Waals surface area contributed by atoms with Gasteiger partial charge in [-0.3, -0.25) is 4.79 Å². The topological polar surface area (TPSA) is 56.2 Å². The molecule has 1 aromatic heterocycles. The lowest BCUT2D eigenvalue weighted by Crippen LogP contribution is -2.53. The number of nitrogens with zero attached hydrogens (tertiary/aromatic N) is 2. The Morgan fingerprint density at radius 1 is 1.21 bits per heavy atom. The molecule has 154 valence electrons. The minimum atomic E-state index is -2.14. The normalized spacial score (nSPS) is 22.2. The largest absolute Gasteiger partial charge is 0.404 e. The molecule has 0 aliphatic carbocycles. The summed E-state index contributed by atoms with van der Waals surface area (Å²) in [5.74, 6) is 0.980. The predicted octanol–water partition coefficient (Wildman–Crippen LogP) is 4.61. The average Bonchev–Trinajstić information content (AvgIpc) is 3.04. The lowest BCUT2D eigenvalue weighted by atomic mass is 9.87. The number of carbonyl (C=O) groups excluding carboxylic acids is 1. The first kappa shape index (κ1) is 20.1. The lowest BCUT2D eigenvalue weighted by molar-refractivity contribution is -0.124. The summed E-state index contributed by atoms with van der Waals surface area (Å²) in [4.78, 5) is 18.4. The van der Waals surface area contributed by atoms with Gasteiger partial charge in [-0.15, -0.1) is 0 Å². The molecule has 6 heteroatoms. The average molecular weight is 410 g/mol. The maximum atomic E-state index is 13.7. The van der Waals surface area contributed by atoms with E-state index >= 15 is 0 Å². The fraction of sp³-hybridized carbons (Fsp3) is 0.478. The van der Waals surface area contributed by atoms with Crippen LogP contribution >= 0.6 is 0 Å². The predicted molar refractivity (Wildman–Crippen MR) is 118 cm³/mol.